The van der Waals surface area contributed by atoms with Gasteiger partial charge in [-0.1, -0.05) is 25.1 Å². The van der Waals surface area contributed by atoms with E-state index in [1.54, 1.807) is 43.3 Å². The fourth-order valence-corrected chi connectivity index (χ4v) is 3.69. The number of fused-ring (bicyclic) bond motifs is 1. The Kier molecular flexibility index (Phi) is 4.99. The van der Waals surface area contributed by atoms with Crippen LogP contribution < -0.4 is 4.72 Å². The van der Waals surface area contributed by atoms with Crippen LogP contribution in [-0.2, 0) is 14.8 Å². The first-order valence-corrected chi connectivity index (χ1v) is 9.69. The van der Waals surface area contributed by atoms with Gasteiger partial charge in [0.1, 0.15) is 16.9 Å². The minimum Gasteiger partial charge on any atom is -0.462 e. The van der Waals surface area contributed by atoms with Crippen LogP contribution in [0.5, 0.6) is 0 Å². The zero-order valence-electron chi connectivity index (χ0n) is 14.5. The summed E-state index contributed by atoms with van der Waals surface area (Å²) in [6.07, 6.45) is 0.711. The molecule has 1 heterocycles. The quantitative estimate of drug-likeness (QED) is 0.657. The molecule has 0 saturated heterocycles. The summed E-state index contributed by atoms with van der Waals surface area (Å²) in [6.45, 7) is 3.89. The van der Waals surface area contributed by atoms with Crippen molar-refractivity contribution in [3.8, 4) is 0 Å². The number of ether oxygens (including phenoxy) is 1. The highest BCUT2D eigenvalue weighted by Crippen LogP contribution is 2.29. The largest absolute Gasteiger partial charge is 0.462 e. The summed E-state index contributed by atoms with van der Waals surface area (Å²) in [5, 5.41) is 0.511. The Balaban J connectivity index is 1.97. The van der Waals surface area contributed by atoms with Gasteiger partial charge >= 0.3 is 5.97 Å². The summed E-state index contributed by atoms with van der Waals surface area (Å²) in [5.41, 5.74) is 1.15. The van der Waals surface area contributed by atoms with Crippen LogP contribution in [0.3, 0.4) is 0 Å². The van der Waals surface area contributed by atoms with E-state index >= 15 is 0 Å². The van der Waals surface area contributed by atoms with Crippen LogP contribution in [0.1, 0.15) is 29.5 Å². The highest BCUT2D eigenvalue weighted by Gasteiger charge is 2.21. The van der Waals surface area contributed by atoms with E-state index in [0.717, 1.165) is 0 Å². The maximum absolute atomic E-state index is 12.5. The lowest BCUT2D eigenvalue weighted by molar-refractivity contribution is 0.0505. The van der Waals surface area contributed by atoms with Crippen molar-refractivity contribution in [2.75, 3.05) is 11.3 Å². The molecule has 0 unspecified atom stereocenters. The lowest BCUT2D eigenvalue weighted by atomic mass is 10.1. The number of esters is 1. The van der Waals surface area contributed by atoms with E-state index in [1.165, 1.54) is 12.1 Å². The SMILES string of the molecule is CCCOC(=O)c1c(C)oc2ccc(NS(=O)(=O)c3ccccc3)cc12. The molecule has 1 N–H and O–H groups in total. The van der Waals surface area contributed by atoms with Crippen molar-refractivity contribution >= 4 is 32.6 Å². The van der Waals surface area contributed by atoms with Crippen molar-refractivity contribution in [1.29, 1.82) is 0 Å². The molecule has 0 fully saturated rings. The van der Waals surface area contributed by atoms with Gasteiger partial charge < -0.3 is 9.15 Å². The summed E-state index contributed by atoms with van der Waals surface area (Å²) in [5.74, 6) is -0.0460. The van der Waals surface area contributed by atoms with Crippen molar-refractivity contribution in [2.45, 2.75) is 25.2 Å². The predicted octanol–water partition coefficient (Wildman–Crippen LogP) is 4.11. The van der Waals surface area contributed by atoms with Gasteiger partial charge in [-0.2, -0.15) is 0 Å². The Morgan fingerprint density at radius 3 is 2.58 bits per heavy atom. The zero-order valence-corrected chi connectivity index (χ0v) is 15.3. The Morgan fingerprint density at radius 1 is 1.15 bits per heavy atom. The molecule has 0 aliphatic rings. The summed E-state index contributed by atoms with van der Waals surface area (Å²) in [7, 11) is -3.72. The van der Waals surface area contributed by atoms with Gasteiger partial charge in [0.15, 0.2) is 0 Å². The van der Waals surface area contributed by atoms with E-state index in [2.05, 4.69) is 4.72 Å². The fourth-order valence-electron chi connectivity index (χ4n) is 2.62. The van der Waals surface area contributed by atoms with E-state index in [0.29, 0.717) is 41.0 Å². The third-order valence-corrected chi connectivity index (χ3v) is 5.21. The number of nitrogens with one attached hydrogen (secondary N) is 1. The van der Waals surface area contributed by atoms with Gasteiger partial charge in [0.25, 0.3) is 10.0 Å². The summed E-state index contributed by atoms with van der Waals surface area (Å²) >= 11 is 0. The van der Waals surface area contributed by atoms with Gasteiger partial charge in [-0.3, -0.25) is 4.72 Å². The molecule has 1 aromatic heterocycles. The molecule has 6 nitrogen and oxygen atoms in total. The number of carbonyl (C=O) groups excluding carboxylic acids is 1. The maximum Gasteiger partial charge on any atom is 0.342 e. The number of hydrogen-bond acceptors (Lipinski definition) is 5. The molecule has 136 valence electrons. The predicted molar refractivity (Wildman–Crippen MR) is 98.8 cm³/mol. The van der Waals surface area contributed by atoms with E-state index in [4.69, 9.17) is 9.15 Å². The lowest BCUT2D eigenvalue weighted by Crippen LogP contribution is -2.12. The summed E-state index contributed by atoms with van der Waals surface area (Å²) < 4.78 is 38.3. The van der Waals surface area contributed by atoms with Gasteiger partial charge in [-0.25, -0.2) is 13.2 Å². The molecular weight excluding hydrogens is 354 g/mol. The number of anilines is 1. The Morgan fingerprint density at radius 2 is 1.88 bits per heavy atom. The van der Waals surface area contributed by atoms with Crippen molar-refractivity contribution in [2.24, 2.45) is 0 Å². The number of rotatable bonds is 6. The summed E-state index contributed by atoms with van der Waals surface area (Å²) in [6, 6.07) is 12.9. The average molecular weight is 373 g/mol. The second-order valence-electron chi connectivity index (χ2n) is 5.80. The topological polar surface area (TPSA) is 85.6 Å². The Labute approximate surface area is 151 Å². The average Bonchev–Trinajstić information content (AvgIpc) is 2.95. The highest BCUT2D eigenvalue weighted by molar-refractivity contribution is 7.92. The van der Waals surface area contributed by atoms with Gasteiger partial charge in [0.05, 0.1) is 11.5 Å². The van der Waals surface area contributed by atoms with Crippen LogP contribution in [0, 0.1) is 6.92 Å². The smallest absolute Gasteiger partial charge is 0.342 e. The molecule has 0 spiro atoms. The van der Waals surface area contributed by atoms with Crippen LogP contribution in [0.4, 0.5) is 5.69 Å². The second-order valence-corrected chi connectivity index (χ2v) is 7.48. The third kappa shape index (κ3) is 3.57. The second kappa shape index (κ2) is 7.21. The maximum atomic E-state index is 12.5. The molecule has 0 atom stereocenters. The van der Waals surface area contributed by atoms with E-state index in [-0.39, 0.29) is 4.90 Å². The van der Waals surface area contributed by atoms with Crippen LogP contribution in [-0.4, -0.2) is 21.0 Å². The molecule has 2 aromatic carbocycles. The molecule has 0 aliphatic heterocycles. The number of hydrogen-bond donors (Lipinski definition) is 1. The molecule has 7 heteroatoms. The molecule has 3 rings (SSSR count). The monoisotopic (exact) mass is 373 g/mol. The standard InChI is InChI=1S/C19H19NO5S/c1-3-11-24-19(21)18-13(2)25-17-10-9-14(12-16(17)18)20-26(22,23)15-7-5-4-6-8-15/h4-10,12,20H,3,11H2,1-2H3. The lowest BCUT2D eigenvalue weighted by Gasteiger charge is -2.08. The fraction of sp³-hybridized carbons (Fsp3) is 0.211. The summed E-state index contributed by atoms with van der Waals surface area (Å²) in [4.78, 5) is 12.5. The minimum atomic E-state index is -3.72. The van der Waals surface area contributed by atoms with E-state index in [9.17, 15) is 13.2 Å². The first-order valence-electron chi connectivity index (χ1n) is 8.20. The van der Waals surface area contributed by atoms with Crippen molar-refractivity contribution in [3.63, 3.8) is 0 Å². The van der Waals surface area contributed by atoms with Crippen LogP contribution in [0.2, 0.25) is 0 Å². The number of aryl methyl sites for hydroxylation is 1. The number of furan rings is 1. The number of benzene rings is 2. The third-order valence-electron chi connectivity index (χ3n) is 3.81. The van der Waals surface area contributed by atoms with E-state index in [1.807, 2.05) is 6.92 Å². The Bertz CT molecular complexity index is 1040. The van der Waals surface area contributed by atoms with Crippen molar-refractivity contribution in [1.82, 2.24) is 0 Å². The van der Waals surface area contributed by atoms with Gasteiger partial charge in [-0.15, -0.1) is 0 Å². The number of carbonyl (C=O) groups is 1. The van der Waals surface area contributed by atoms with Gasteiger partial charge in [0.2, 0.25) is 0 Å². The zero-order chi connectivity index (χ0) is 18.7. The molecule has 0 radical (unpaired) electrons. The molecule has 0 bridgehead atoms. The van der Waals surface area contributed by atoms with Gasteiger partial charge in [0, 0.05) is 11.1 Å². The highest BCUT2D eigenvalue weighted by atomic mass is 32.2. The molecule has 0 amide bonds. The normalized spacial score (nSPS) is 11.5. The van der Waals surface area contributed by atoms with Crippen molar-refractivity contribution < 1.29 is 22.4 Å². The molecule has 26 heavy (non-hydrogen) atoms. The van der Waals surface area contributed by atoms with Crippen molar-refractivity contribution in [3.05, 3.63) is 59.9 Å². The molecule has 3 aromatic rings. The first kappa shape index (κ1) is 18.0. The first-order chi connectivity index (χ1) is 12.4. The van der Waals surface area contributed by atoms with Gasteiger partial charge in [-0.05, 0) is 43.7 Å². The van der Waals surface area contributed by atoms with E-state index < -0.39 is 16.0 Å². The minimum absolute atomic E-state index is 0.158. The molecule has 0 aliphatic carbocycles. The Hall–Kier alpha value is -2.80. The molecule has 0 saturated carbocycles. The van der Waals surface area contributed by atoms with Crippen LogP contribution >= 0.6 is 0 Å². The number of sulfonamides is 1. The molecular formula is C19H19NO5S. The van der Waals surface area contributed by atoms with Crippen LogP contribution in [0.25, 0.3) is 11.0 Å². The van der Waals surface area contributed by atoms with Crippen LogP contribution in [0.15, 0.2) is 57.8 Å².